The second-order valence-corrected chi connectivity index (χ2v) is 6.75. The molecule has 0 saturated heterocycles. The molecule has 6 nitrogen and oxygen atoms in total. The molecule has 27 heavy (non-hydrogen) atoms. The van der Waals surface area contributed by atoms with E-state index >= 15 is 0 Å². The predicted octanol–water partition coefficient (Wildman–Crippen LogP) is 3.26. The number of carboxylic acids is 1. The number of amides is 1. The van der Waals surface area contributed by atoms with Crippen LogP contribution < -0.4 is 5.32 Å². The molecular weight excluding hydrogens is 344 g/mol. The van der Waals surface area contributed by atoms with Crippen molar-refractivity contribution in [3.8, 4) is 11.8 Å². The summed E-state index contributed by atoms with van der Waals surface area (Å²) in [4.78, 5) is 23.7. The van der Waals surface area contributed by atoms with Crippen LogP contribution in [0.15, 0.2) is 47.7 Å². The van der Waals surface area contributed by atoms with Gasteiger partial charge in [0.2, 0.25) is 5.91 Å². The number of nitrogens with one attached hydrogen (secondary N) is 1. The molecule has 0 spiro atoms. The molecule has 2 aromatic carbocycles. The molecular formula is C21H20N2O4. The van der Waals surface area contributed by atoms with E-state index in [2.05, 4.69) is 11.4 Å². The van der Waals surface area contributed by atoms with Gasteiger partial charge in [0.1, 0.15) is 5.75 Å². The first-order valence-corrected chi connectivity index (χ1v) is 8.82. The number of carboxylic acid groups (broad SMARTS) is 1. The van der Waals surface area contributed by atoms with Crippen molar-refractivity contribution in [2.45, 2.75) is 32.1 Å². The molecule has 0 heterocycles. The minimum Gasteiger partial charge on any atom is -0.508 e. The third-order valence-electron chi connectivity index (χ3n) is 4.82. The van der Waals surface area contributed by atoms with Crippen LogP contribution in [0.1, 0.15) is 31.2 Å². The van der Waals surface area contributed by atoms with Gasteiger partial charge in [-0.15, -0.1) is 0 Å². The normalized spacial score (nSPS) is 16.8. The zero-order valence-electron chi connectivity index (χ0n) is 14.7. The van der Waals surface area contributed by atoms with Crippen molar-refractivity contribution in [3.63, 3.8) is 0 Å². The molecule has 0 saturated carbocycles. The second-order valence-electron chi connectivity index (χ2n) is 6.75. The maximum absolute atomic E-state index is 12.3. The molecule has 0 radical (unpaired) electrons. The Balaban J connectivity index is 1.65. The molecule has 0 aliphatic heterocycles. The number of rotatable bonds is 5. The standard InChI is InChI=1S/C21H20N2O4/c22-12-14-2-7-19(18(10-14)21(26)27)23-20(25)8-3-13-1-4-16-11-17(24)6-5-15(16)9-13/h1,4-6,9,11,14,24H,2-3,7-8,10H2,(H,23,25)(H,26,27). The van der Waals surface area contributed by atoms with Gasteiger partial charge >= 0.3 is 5.97 Å². The van der Waals surface area contributed by atoms with Crippen molar-refractivity contribution in [2.75, 3.05) is 0 Å². The van der Waals surface area contributed by atoms with Crippen molar-refractivity contribution in [3.05, 3.63) is 53.2 Å². The van der Waals surface area contributed by atoms with Crippen molar-refractivity contribution in [1.82, 2.24) is 5.32 Å². The summed E-state index contributed by atoms with van der Waals surface area (Å²) in [5.74, 6) is -1.41. The number of allylic oxidation sites excluding steroid dienone is 1. The van der Waals surface area contributed by atoms with Gasteiger partial charge in [0.25, 0.3) is 0 Å². The molecule has 0 bridgehead atoms. The average molecular weight is 364 g/mol. The fourth-order valence-electron chi connectivity index (χ4n) is 3.33. The third-order valence-corrected chi connectivity index (χ3v) is 4.82. The summed E-state index contributed by atoms with van der Waals surface area (Å²) in [6.07, 6.45) is 1.88. The van der Waals surface area contributed by atoms with Crippen molar-refractivity contribution in [2.24, 2.45) is 5.92 Å². The number of carbonyl (C=O) groups is 2. The maximum atomic E-state index is 12.3. The Morgan fingerprint density at radius 1 is 1.19 bits per heavy atom. The zero-order chi connectivity index (χ0) is 19.4. The van der Waals surface area contributed by atoms with E-state index in [4.69, 9.17) is 5.26 Å². The molecule has 3 rings (SSSR count). The number of aromatic hydroxyl groups is 1. The summed E-state index contributed by atoms with van der Waals surface area (Å²) < 4.78 is 0. The Kier molecular flexibility index (Phi) is 5.41. The Hall–Kier alpha value is -3.33. The summed E-state index contributed by atoms with van der Waals surface area (Å²) in [7, 11) is 0. The average Bonchev–Trinajstić information content (AvgIpc) is 2.66. The van der Waals surface area contributed by atoms with Crippen molar-refractivity contribution < 1.29 is 19.8 Å². The van der Waals surface area contributed by atoms with Crippen LogP contribution in [0.4, 0.5) is 0 Å². The van der Waals surface area contributed by atoms with E-state index in [1.54, 1.807) is 12.1 Å². The number of aliphatic carboxylic acids is 1. The van der Waals surface area contributed by atoms with Gasteiger partial charge in [-0.3, -0.25) is 4.79 Å². The number of benzene rings is 2. The van der Waals surface area contributed by atoms with E-state index in [0.717, 1.165) is 16.3 Å². The van der Waals surface area contributed by atoms with E-state index in [0.29, 0.717) is 25.0 Å². The Morgan fingerprint density at radius 3 is 2.67 bits per heavy atom. The number of hydrogen-bond donors (Lipinski definition) is 3. The number of fused-ring (bicyclic) bond motifs is 1. The van der Waals surface area contributed by atoms with E-state index < -0.39 is 5.97 Å². The lowest BCUT2D eigenvalue weighted by Crippen LogP contribution is -2.29. The van der Waals surface area contributed by atoms with Crippen molar-refractivity contribution in [1.29, 1.82) is 5.26 Å². The fraction of sp³-hybridized carbons (Fsp3) is 0.286. The van der Waals surface area contributed by atoms with Crippen LogP contribution in [0.25, 0.3) is 10.8 Å². The number of nitrogens with zero attached hydrogens (tertiary/aromatic N) is 1. The molecule has 138 valence electrons. The number of hydrogen-bond acceptors (Lipinski definition) is 4. The van der Waals surface area contributed by atoms with Gasteiger partial charge in [0.15, 0.2) is 0 Å². The van der Waals surface area contributed by atoms with Gasteiger partial charge in [0.05, 0.1) is 17.6 Å². The summed E-state index contributed by atoms with van der Waals surface area (Å²) in [6.45, 7) is 0. The topological polar surface area (TPSA) is 110 Å². The Morgan fingerprint density at radius 2 is 1.93 bits per heavy atom. The van der Waals surface area contributed by atoms with Crippen LogP contribution in [-0.2, 0) is 16.0 Å². The highest BCUT2D eigenvalue weighted by atomic mass is 16.4. The van der Waals surface area contributed by atoms with Crippen LogP contribution in [0.2, 0.25) is 0 Å². The largest absolute Gasteiger partial charge is 0.508 e. The quantitative estimate of drug-likeness (QED) is 0.754. The number of phenols is 1. The molecule has 1 aliphatic rings. The first-order chi connectivity index (χ1) is 13.0. The molecule has 0 aromatic heterocycles. The van der Waals surface area contributed by atoms with Gasteiger partial charge < -0.3 is 15.5 Å². The lowest BCUT2D eigenvalue weighted by molar-refractivity contribution is -0.133. The van der Waals surface area contributed by atoms with Gasteiger partial charge in [-0.25, -0.2) is 4.79 Å². The molecule has 0 fully saturated rings. The number of nitriles is 1. The number of carbonyl (C=O) groups excluding carboxylic acids is 1. The zero-order valence-corrected chi connectivity index (χ0v) is 14.7. The predicted molar refractivity (Wildman–Crippen MR) is 99.7 cm³/mol. The lowest BCUT2D eigenvalue weighted by atomic mass is 9.87. The molecule has 6 heteroatoms. The Labute approximate surface area is 156 Å². The Bertz CT molecular complexity index is 972. The number of phenolic OH excluding ortho intramolecular Hbond substituents is 1. The van der Waals surface area contributed by atoms with E-state index in [1.165, 1.54) is 0 Å². The number of aryl methyl sites for hydroxylation is 1. The van der Waals surface area contributed by atoms with Crippen LogP contribution >= 0.6 is 0 Å². The molecule has 1 unspecified atom stereocenters. The van der Waals surface area contributed by atoms with Crippen LogP contribution in [0.5, 0.6) is 5.75 Å². The SMILES string of the molecule is N#CC1CCC(NC(=O)CCc2ccc3cc(O)ccc3c2)=C(C(=O)O)C1. The van der Waals surface area contributed by atoms with Crippen LogP contribution in [-0.4, -0.2) is 22.1 Å². The van der Waals surface area contributed by atoms with Gasteiger partial charge in [-0.1, -0.05) is 24.3 Å². The minimum absolute atomic E-state index is 0.131. The van der Waals surface area contributed by atoms with Crippen molar-refractivity contribution >= 4 is 22.6 Å². The summed E-state index contributed by atoms with van der Waals surface area (Å²) >= 11 is 0. The van der Waals surface area contributed by atoms with E-state index in [1.807, 2.05) is 24.3 Å². The molecule has 1 amide bonds. The van der Waals surface area contributed by atoms with E-state index in [9.17, 15) is 19.8 Å². The third kappa shape index (κ3) is 4.45. The van der Waals surface area contributed by atoms with Gasteiger partial charge in [-0.2, -0.15) is 5.26 Å². The smallest absolute Gasteiger partial charge is 0.333 e. The first kappa shape index (κ1) is 18.5. The fourth-order valence-corrected chi connectivity index (χ4v) is 3.33. The van der Waals surface area contributed by atoms with Gasteiger partial charge in [-0.05, 0) is 54.2 Å². The highest BCUT2D eigenvalue weighted by Gasteiger charge is 2.26. The highest BCUT2D eigenvalue weighted by Crippen LogP contribution is 2.28. The molecule has 3 N–H and O–H groups in total. The minimum atomic E-state index is -1.08. The molecule has 2 aromatic rings. The second kappa shape index (κ2) is 7.92. The van der Waals surface area contributed by atoms with Crippen LogP contribution in [0, 0.1) is 17.2 Å². The summed E-state index contributed by atoms with van der Waals surface area (Å²) in [5.41, 5.74) is 1.55. The highest BCUT2D eigenvalue weighted by molar-refractivity contribution is 5.89. The molecule has 1 aliphatic carbocycles. The van der Waals surface area contributed by atoms with Crippen LogP contribution in [0.3, 0.4) is 0 Å². The van der Waals surface area contributed by atoms with Gasteiger partial charge in [0, 0.05) is 12.1 Å². The summed E-state index contributed by atoms with van der Waals surface area (Å²) in [6, 6.07) is 13.0. The molecule has 1 atom stereocenters. The first-order valence-electron chi connectivity index (χ1n) is 8.82. The lowest BCUT2D eigenvalue weighted by Gasteiger charge is -2.21. The monoisotopic (exact) mass is 364 g/mol. The maximum Gasteiger partial charge on any atom is 0.333 e. The van der Waals surface area contributed by atoms with E-state index in [-0.39, 0.29) is 36.0 Å². The summed E-state index contributed by atoms with van der Waals surface area (Å²) in [5, 5.41) is 32.5.